The number of anilines is 1. The fraction of sp³-hybridized carbons (Fsp3) is 0.235. The third-order valence-corrected chi connectivity index (χ3v) is 3.13. The first-order valence-electron chi connectivity index (χ1n) is 6.73. The van der Waals surface area contributed by atoms with Crippen molar-refractivity contribution in [1.29, 1.82) is 5.26 Å². The predicted molar refractivity (Wildman–Crippen MR) is 82.6 cm³/mol. The standard InChI is InChI=1S/C17H18N2O2/c1-13(14-4-3-5-17(12-14)20-2)19-15-6-8-16(9-7-15)21-11-10-18/h3-9,12-13,19H,11H2,1-2H3. The van der Waals surface area contributed by atoms with Crippen molar-refractivity contribution in [3.05, 3.63) is 54.1 Å². The van der Waals surface area contributed by atoms with Gasteiger partial charge in [-0.25, -0.2) is 0 Å². The number of methoxy groups -OCH3 is 1. The molecular formula is C17H18N2O2. The van der Waals surface area contributed by atoms with Crippen LogP contribution in [-0.2, 0) is 0 Å². The molecule has 0 bridgehead atoms. The maximum absolute atomic E-state index is 8.47. The fourth-order valence-electron chi connectivity index (χ4n) is 2.01. The fourth-order valence-corrected chi connectivity index (χ4v) is 2.01. The van der Waals surface area contributed by atoms with Gasteiger partial charge in [-0.05, 0) is 48.9 Å². The van der Waals surface area contributed by atoms with Crippen LogP contribution in [0.2, 0.25) is 0 Å². The number of nitriles is 1. The summed E-state index contributed by atoms with van der Waals surface area (Å²) in [7, 11) is 1.66. The first-order valence-corrected chi connectivity index (χ1v) is 6.73. The van der Waals surface area contributed by atoms with Gasteiger partial charge < -0.3 is 14.8 Å². The number of hydrogen-bond donors (Lipinski definition) is 1. The van der Waals surface area contributed by atoms with E-state index in [1.165, 1.54) is 0 Å². The van der Waals surface area contributed by atoms with Gasteiger partial charge in [-0.15, -0.1) is 0 Å². The Hall–Kier alpha value is -2.67. The summed E-state index contributed by atoms with van der Waals surface area (Å²) in [5.74, 6) is 1.54. The van der Waals surface area contributed by atoms with Crippen molar-refractivity contribution in [1.82, 2.24) is 0 Å². The number of ether oxygens (including phenoxy) is 2. The summed E-state index contributed by atoms with van der Waals surface area (Å²) in [5, 5.41) is 11.9. The summed E-state index contributed by atoms with van der Waals surface area (Å²) in [6, 6.07) is 17.6. The Morgan fingerprint density at radius 1 is 1.14 bits per heavy atom. The van der Waals surface area contributed by atoms with Gasteiger partial charge in [0.2, 0.25) is 0 Å². The van der Waals surface area contributed by atoms with Gasteiger partial charge in [0.15, 0.2) is 6.61 Å². The minimum absolute atomic E-state index is 0.0625. The Morgan fingerprint density at radius 2 is 1.90 bits per heavy atom. The number of rotatable bonds is 6. The van der Waals surface area contributed by atoms with E-state index >= 15 is 0 Å². The van der Waals surface area contributed by atoms with Gasteiger partial charge in [-0.1, -0.05) is 12.1 Å². The molecule has 0 aliphatic heterocycles. The van der Waals surface area contributed by atoms with Crippen molar-refractivity contribution in [2.24, 2.45) is 0 Å². The second kappa shape index (κ2) is 7.20. The number of nitrogens with one attached hydrogen (secondary N) is 1. The van der Waals surface area contributed by atoms with E-state index < -0.39 is 0 Å². The predicted octanol–water partition coefficient (Wildman–Crippen LogP) is 3.77. The van der Waals surface area contributed by atoms with Crippen LogP contribution in [0.15, 0.2) is 48.5 Å². The lowest BCUT2D eigenvalue weighted by Crippen LogP contribution is -2.06. The molecule has 0 saturated carbocycles. The van der Waals surface area contributed by atoms with E-state index in [4.69, 9.17) is 14.7 Å². The molecule has 0 aliphatic carbocycles. The van der Waals surface area contributed by atoms with Gasteiger partial charge in [-0.2, -0.15) is 5.26 Å². The summed E-state index contributed by atoms with van der Waals surface area (Å²) < 4.78 is 10.5. The molecule has 108 valence electrons. The molecule has 0 radical (unpaired) electrons. The monoisotopic (exact) mass is 282 g/mol. The zero-order valence-electron chi connectivity index (χ0n) is 12.2. The molecule has 2 aromatic carbocycles. The van der Waals surface area contributed by atoms with E-state index in [2.05, 4.69) is 18.3 Å². The lowest BCUT2D eigenvalue weighted by atomic mass is 10.1. The van der Waals surface area contributed by atoms with Crippen LogP contribution >= 0.6 is 0 Å². The van der Waals surface area contributed by atoms with Crippen molar-refractivity contribution in [2.75, 3.05) is 19.0 Å². The molecule has 2 rings (SSSR count). The molecule has 1 N–H and O–H groups in total. The topological polar surface area (TPSA) is 54.3 Å². The second-order valence-electron chi connectivity index (χ2n) is 4.61. The molecule has 0 aromatic heterocycles. The van der Waals surface area contributed by atoms with Gasteiger partial charge >= 0.3 is 0 Å². The molecule has 0 spiro atoms. The second-order valence-corrected chi connectivity index (χ2v) is 4.61. The number of nitrogens with zero attached hydrogens (tertiary/aromatic N) is 1. The zero-order valence-corrected chi connectivity index (χ0v) is 12.2. The average Bonchev–Trinajstić information content (AvgIpc) is 2.54. The molecule has 21 heavy (non-hydrogen) atoms. The summed E-state index contributed by atoms with van der Waals surface area (Å²) in [5.41, 5.74) is 2.15. The van der Waals surface area contributed by atoms with E-state index in [0.29, 0.717) is 5.75 Å². The minimum Gasteiger partial charge on any atom is -0.497 e. The molecule has 0 fully saturated rings. The highest BCUT2D eigenvalue weighted by atomic mass is 16.5. The van der Waals surface area contributed by atoms with Gasteiger partial charge in [0, 0.05) is 11.7 Å². The van der Waals surface area contributed by atoms with Gasteiger partial charge in [0.05, 0.1) is 7.11 Å². The van der Waals surface area contributed by atoms with Crippen molar-refractivity contribution >= 4 is 5.69 Å². The Balaban J connectivity index is 2.01. The van der Waals surface area contributed by atoms with E-state index in [1.807, 2.05) is 48.5 Å². The van der Waals surface area contributed by atoms with Crippen molar-refractivity contribution in [3.63, 3.8) is 0 Å². The molecule has 4 nitrogen and oxygen atoms in total. The lowest BCUT2D eigenvalue weighted by molar-refractivity contribution is 0.368. The van der Waals surface area contributed by atoms with Crippen molar-refractivity contribution in [2.45, 2.75) is 13.0 Å². The number of benzene rings is 2. The third-order valence-electron chi connectivity index (χ3n) is 3.13. The quantitative estimate of drug-likeness (QED) is 0.876. The Morgan fingerprint density at radius 3 is 2.57 bits per heavy atom. The van der Waals surface area contributed by atoms with Crippen molar-refractivity contribution < 1.29 is 9.47 Å². The zero-order chi connectivity index (χ0) is 15.1. The summed E-state index contributed by atoms with van der Waals surface area (Å²) in [6.07, 6.45) is 0. The van der Waals surface area contributed by atoms with E-state index in [0.717, 1.165) is 17.0 Å². The first kappa shape index (κ1) is 14.7. The molecule has 0 heterocycles. The third kappa shape index (κ3) is 4.15. The highest BCUT2D eigenvalue weighted by molar-refractivity contribution is 5.48. The van der Waals surface area contributed by atoms with Crippen LogP contribution in [0.3, 0.4) is 0 Å². The largest absolute Gasteiger partial charge is 0.497 e. The smallest absolute Gasteiger partial charge is 0.174 e. The van der Waals surface area contributed by atoms with Crippen LogP contribution in [0.1, 0.15) is 18.5 Å². The van der Waals surface area contributed by atoms with Crippen LogP contribution in [-0.4, -0.2) is 13.7 Å². The molecule has 0 amide bonds. The molecule has 2 aromatic rings. The van der Waals surface area contributed by atoms with Crippen molar-refractivity contribution in [3.8, 4) is 17.6 Å². The Bertz CT molecular complexity index is 617. The maximum Gasteiger partial charge on any atom is 0.174 e. The first-order chi connectivity index (χ1) is 10.2. The van der Waals surface area contributed by atoms with Crippen LogP contribution in [0.4, 0.5) is 5.69 Å². The van der Waals surface area contributed by atoms with E-state index in [1.54, 1.807) is 7.11 Å². The Labute approximate surface area is 124 Å². The molecule has 4 heteroatoms. The Kier molecular flexibility index (Phi) is 5.05. The van der Waals surface area contributed by atoms with E-state index in [9.17, 15) is 0 Å². The lowest BCUT2D eigenvalue weighted by Gasteiger charge is -2.16. The summed E-state index contributed by atoms with van der Waals surface area (Å²) in [6.45, 7) is 2.15. The molecule has 1 atom stereocenters. The summed E-state index contributed by atoms with van der Waals surface area (Å²) >= 11 is 0. The molecule has 0 aliphatic rings. The minimum atomic E-state index is 0.0625. The molecular weight excluding hydrogens is 264 g/mol. The molecule has 0 saturated heterocycles. The van der Waals surface area contributed by atoms with Crippen LogP contribution < -0.4 is 14.8 Å². The van der Waals surface area contributed by atoms with Crippen LogP contribution in [0.25, 0.3) is 0 Å². The van der Waals surface area contributed by atoms with Gasteiger partial charge in [0.25, 0.3) is 0 Å². The van der Waals surface area contributed by atoms with Gasteiger partial charge in [-0.3, -0.25) is 0 Å². The normalized spacial score (nSPS) is 11.3. The average molecular weight is 282 g/mol. The van der Waals surface area contributed by atoms with Crippen LogP contribution in [0, 0.1) is 11.3 Å². The highest BCUT2D eigenvalue weighted by Gasteiger charge is 2.06. The van der Waals surface area contributed by atoms with E-state index in [-0.39, 0.29) is 12.6 Å². The maximum atomic E-state index is 8.47. The highest BCUT2D eigenvalue weighted by Crippen LogP contribution is 2.24. The number of hydrogen-bond acceptors (Lipinski definition) is 4. The summed E-state index contributed by atoms with van der Waals surface area (Å²) in [4.78, 5) is 0. The van der Waals surface area contributed by atoms with Gasteiger partial charge in [0.1, 0.15) is 17.6 Å². The van der Waals surface area contributed by atoms with Crippen LogP contribution in [0.5, 0.6) is 11.5 Å². The molecule has 1 unspecified atom stereocenters. The SMILES string of the molecule is COc1cccc(C(C)Nc2ccc(OCC#N)cc2)c1.